The van der Waals surface area contributed by atoms with Crippen LogP contribution in [0.25, 0.3) is 0 Å². The van der Waals surface area contributed by atoms with E-state index in [0.29, 0.717) is 12.0 Å². The highest BCUT2D eigenvalue weighted by Gasteiger charge is 2.09. The zero-order valence-corrected chi connectivity index (χ0v) is 16.6. The van der Waals surface area contributed by atoms with Gasteiger partial charge in [-0.25, -0.2) is 0 Å². The van der Waals surface area contributed by atoms with Gasteiger partial charge in [-0.3, -0.25) is 0 Å². The van der Waals surface area contributed by atoms with Crippen molar-refractivity contribution >= 4 is 0 Å². The van der Waals surface area contributed by atoms with Gasteiger partial charge >= 0.3 is 0 Å². The number of nitrogens with two attached hydrogens (primary N) is 1. The van der Waals surface area contributed by atoms with Crippen LogP contribution in [0.2, 0.25) is 0 Å². The van der Waals surface area contributed by atoms with Crippen LogP contribution in [0, 0.1) is 5.92 Å². The van der Waals surface area contributed by atoms with E-state index in [1.807, 2.05) is 30.4 Å². The lowest BCUT2D eigenvalue weighted by Gasteiger charge is -2.12. The van der Waals surface area contributed by atoms with Crippen molar-refractivity contribution < 1.29 is 0 Å². The minimum Gasteiger partial charge on any atom is -0.328 e. The van der Waals surface area contributed by atoms with E-state index in [-0.39, 0.29) is 0 Å². The second-order valence-electron chi connectivity index (χ2n) is 7.49. The average Bonchev–Trinajstić information content (AvgIpc) is 2.69. The Morgan fingerprint density at radius 2 is 1.30 bits per heavy atom. The predicted molar refractivity (Wildman–Crippen MR) is 119 cm³/mol. The molecule has 0 radical (unpaired) electrons. The summed E-state index contributed by atoms with van der Waals surface area (Å²) in [4.78, 5) is 0. The van der Waals surface area contributed by atoms with E-state index >= 15 is 0 Å². The molecule has 27 heavy (non-hydrogen) atoms. The van der Waals surface area contributed by atoms with E-state index in [0.717, 1.165) is 5.57 Å². The molecule has 2 rings (SSSR count). The largest absolute Gasteiger partial charge is 0.328 e. The molecule has 144 valence electrons. The summed E-state index contributed by atoms with van der Waals surface area (Å²) in [5.41, 5.74) is 10.8. The Balaban J connectivity index is 2.01. The number of hydrogen-bond acceptors (Lipinski definition) is 1. The fourth-order valence-corrected chi connectivity index (χ4v) is 3.48. The van der Waals surface area contributed by atoms with Crippen LogP contribution in [0.3, 0.4) is 0 Å². The van der Waals surface area contributed by atoms with Gasteiger partial charge in [0.2, 0.25) is 0 Å². The molecular weight excluding hydrogens is 326 g/mol. The molecule has 0 spiro atoms. The molecule has 0 saturated heterocycles. The van der Waals surface area contributed by atoms with Gasteiger partial charge in [0.25, 0.3) is 0 Å². The Kier molecular flexibility index (Phi) is 11.0. The maximum absolute atomic E-state index is 6.22. The van der Waals surface area contributed by atoms with Crippen LogP contribution in [0.1, 0.15) is 57.8 Å². The lowest BCUT2D eigenvalue weighted by molar-refractivity contribution is 0.473. The molecule has 0 amide bonds. The first-order valence-corrected chi connectivity index (χ1v) is 10.6. The molecule has 1 heteroatoms. The summed E-state index contributed by atoms with van der Waals surface area (Å²) in [7, 11) is 0. The third kappa shape index (κ3) is 10.6. The molecule has 0 aromatic heterocycles. The standard InChI is InChI=1S/C26H35N/c27-26-22-13-9-8-12-18-25(21-15-23-26)20-14-19-24-16-10-6-4-2-1-3-5-7-11-17-24/h1-7,10-11,16-17,19-20,25-26H,8-9,12-13,15,18,21-23,27H2. The van der Waals surface area contributed by atoms with Gasteiger partial charge in [0.1, 0.15) is 0 Å². The molecule has 0 aromatic rings. The molecule has 1 nitrogen and oxygen atoms in total. The van der Waals surface area contributed by atoms with Crippen LogP contribution >= 0.6 is 0 Å². The summed E-state index contributed by atoms with van der Waals surface area (Å²) in [6.07, 6.45) is 38.5. The molecule has 0 heterocycles. The molecule has 2 atom stereocenters. The monoisotopic (exact) mass is 361 g/mol. The Morgan fingerprint density at radius 3 is 2.07 bits per heavy atom. The van der Waals surface area contributed by atoms with Crippen LogP contribution < -0.4 is 5.73 Å². The molecule has 0 aliphatic heterocycles. The van der Waals surface area contributed by atoms with Crippen LogP contribution in [-0.2, 0) is 0 Å². The van der Waals surface area contributed by atoms with E-state index in [4.69, 9.17) is 5.73 Å². The van der Waals surface area contributed by atoms with Crippen molar-refractivity contribution in [1.82, 2.24) is 0 Å². The molecule has 0 aromatic carbocycles. The van der Waals surface area contributed by atoms with Gasteiger partial charge in [-0.05, 0) is 49.3 Å². The zero-order valence-electron chi connectivity index (χ0n) is 16.6. The van der Waals surface area contributed by atoms with Crippen molar-refractivity contribution in [3.63, 3.8) is 0 Å². The highest BCUT2D eigenvalue weighted by molar-refractivity contribution is 5.36. The molecular formula is C26H35N. The minimum absolute atomic E-state index is 0.401. The number of rotatable bonds is 2. The van der Waals surface area contributed by atoms with Crippen LogP contribution in [0.5, 0.6) is 0 Å². The number of allylic oxidation sites excluding steroid dienone is 13. The van der Waals surface area contributed by atoms with Crippen molar-refractivity contribution in [2.45, 2.75) is 63.8 Å². The second kappa shape index (κ2) is 14.0. The molecule has 2 aliphatic rings. The summed E-state index contributed by atoms with van der Waals surface area (Å²) >= 11 is 0. The van der Waals surface area contributed by atoms with Crippen molar-refractivity contribution in [3.8, 4) is 0 Å². The average molecular weight is 362 g/mol. The highest BCUT2D eigenvalue weighted by Crippen LogP contribution is 2.21. The summed E-state index contributed by atoms with van der Waals surface area (Å²) in [6, 6.07) is 0.401. The van der Waals surface area contributed by atoms with Gasteiger partial charge < -0.3 is 5.73 Å². The predicted octanol–water partition coefficient (Wildman–Crippen LogP) is 6.89. The van der Waals surface area contributed by atoms with Gasteiger partial charge in [0, 0.05) is 6.04 Å². The Morgan fingerprint density at radius 1 is 0.704 bits per heavy atom. The number of hydrogen-bond donors (Lipinski definition) is 1. The zero-order chi connectivity index (χ0) is 19.0. The molecule has 1 saturated carbocycles. The van der Waals surface area contributed by atoms with Gasteiger partial charge in [-0.15, -0.1) is 5.73 Å². The third-order valence-electron chi connectivity index (χ3n) is 5.10. The lowest BCUT2D eigenvalue weighted by Crippen LogP contribution is -2.19. The summed E-state index contributed by atoms with van der Waals surface area (Å²) in [5.74, 6) is 0.630. The molecule has 2 unspecified atom stereocenters. The molecule has 0 bridgehead atoms. The Hall–Kier alpha value is -2.08. The van der Waals surface area contributed by atoms with E-state index < -0.39 is 0 Å². The van der Waals surface area contributed by atoms with Crippen LogP contribution in [0.15, 0.2) is 90.3 Å². The van der Waals surface area contributed by atoms with Crippen molar-refractivity contribution in [2.24, 2.45) is 11.7 Å². The Labute approximate surface area is 166 Å². The highest BCUT2D eigenvalue weighted by atomic mass is 14.6. The quantitative estimate of drug-likeness (QED) is 0.533. The van der Waals surface area contributed by atoms with E-state index in [2.05, 4.69) is 54.3 Å². The summed E-state index contributed by atoms with van der Waals surface area (Å²) in [6.45, 7) is 0. The molecule has 2 N–H and O–H groups in total. The summed E-state index contributed by atoms with van der Waals surface area (Å²) < 4.78 is 0. The third-order valence-corrected chi connectivity index (χ3v) is 5.10. The van der Waals surface area contributed by atoms with E-state index in [1.165, 1.54) is 57.8 Å². The lowest BCUT2D eigenvalue weighted by atomic mass is 9.95. The van der Waals surface area contributed by atoms with Gasteiger partial charge in [0.15, 0.2) is 0 Å². The van der Waals surface area contributed by atoms with Gasteiger partial charge in [0.05, 0.1) is 0 Å². The van der Waals surface area contributed by atoms with Crippen LogP contribution in [-0.4, -0.2) is 6.04 Å². The summed E-state index contributed by atoms with van der Waals surface area (Å²) in [5, 5.41) is 0. The van der Waals surface area contributed by atoms with Gasteiger partial charge in [-0.1, -0.05) is 98.9 Å². The second-order valence-corrected chi connectivity index (χ2v) is 7.49. The molecule has 2 aliphatic carbocycles. The molecule has 1 fully saturated rings. The fourth-order valence-electron chi connectivity index (χ4n) is 3.48. The van der Waals surface area contributed by atoms with E-state index in [9.17, 15) is 0 Å². The van der Waals surface area contributed by atoms with Crippen molar-refractivity contribution in [3.05, 3.63) is 90.3 Å². The van der Waals surface area contributed by atoms with Crippen LogP contribution in [0.4, 0.5) is 0 Å². The fraction of sp³-hybridized carbons (Fsp3) is 0.423. The minimum atomic E-state index is 0.401. The van der Waals surface area contributed by atoms with E-state index in [1.54, 1.807) is 0 Å². The first-order chi connectivity index (χ1) is 13.3. The maximum atomic E-state index is 6.22. The Bertz CT molecular complexity index is 648. The first kappa shape index (κ1) is 21.2. The van der Waals surface area contributed by atoms with Crippen molar-refractivity contribution in [1.29, 1.82) is 0 Å². The smallest absolute Gasteiger partial charge is 0.00388 e. The van der Waals surface area contributed by atoms with Gasteiger partial charge in [-0.2, -0.15) is 0 Å². The first-order valence-electron chi connectivity index (χ1n) is 10.6. The normalized spacial score (nSPS) is 24.7. The SMILES string of the molecule is NC1CCCCCCC(C=C=CC2=CC=CC=CC=CC=CC=C2)CCC1. The van der Waals surface area contributed by atoms with Crippen molar-refractivity contribution in [2.75, 3.05) is 0 Å². The maximum Gasteiger partial charge on any atom is 0.00388 e. The topological polar surface area (TPSA) is 26.0 Å².